The highest BCUT2D eigenvalue weighted by Gasteiger charge is 2.53. The van der Waals surface area contributed by atoms with Crippen LogP contribution in [0.2, 0.25) is 0 Å². The Labute approximate surface area is 205 Å². The van der Waals surface area contributed by atoms with Gasteiger partial charge < -0.3 is 75.0 Å². The summed E-state index contributed by atoms with van der Waals surface area (Å²) in [6, 6.07) is -1.37. The quantitative estimate of drug-likeness (QED) is 0.147. The number of aliphatic hydroxyl groups excluding tert-OH is 9. The molecular weight excluding hydrogens is 494 g/mol. The summed E-state index contributed by atoms with van der Waals surface area (Å²) in [5.41, 5.74) is 0. The second-order valence-electron chi connectivity index (χ2n) is 9.05. The summed E-state index contributed by atoms with van der Waals surface area (Å²) in [5, 5.41) is 93.8. The first-order valence-corrected chi connectivity index (χ1v) is 11.4. The molecule has 3 rings (SSSR count). The van der Waals surface area contributed by atoms with Gasteiger partial charge in [0, 0.05) is 6.92 Å². The van der Waals surface area contributed by atoms with E-state index in [-0.39, 0.29) is 0 Å². The van der Waals surface area contributed by atoms with E-state index in [0.29, 0.717) is 0 Å². The smallest absolute Gasteiger partial charge is 0.217 e. The Hall–Kier alpha value is -1.09. The van der Waals surface area contributed by atoms with Crippen molar-refractivity contribution in [3.05, 3.63) is 0 Å². The Balaban J connectivity index is 1.76. The van der Waals surface area contributed by atoms with Gasteiger partial charge in [-0.05, 0) is 6.92 Å². The van der Waals surface area contributed by atoms with E-state index >= 15 is 0 Å². The maximum Gasteiger partial charge on any atom is 0.217 e. The van der Waals surface area contributed by atoms with Crippen LogP contribution in [-0.2, 0) is 28.5 Å². The molecule has 0 aromatic carbocycles. The van der Waals surface area contributed by atoms with Gasteiger partial charge in [-0.25, -0.2) is 0 Å². The first-order chi connectivity index (χ1) is 16.9. The van der Waals surface area contributed by atoms with Crippen LogP contribution in [0.1, 0.15) is 13.8 Å². The topological polar surface area (TPSA) is 257 Å². The van der Waals surface area contributed by atoms with Gasteiger partial charge in [0.25, 0.3) is 0 Å². The molecule has 0 aromatic heterocycles. The first kappa shape index (κ1) is 29.5. The summed E-state index contributed by atoms with van der Waals surface area (Å²) in [6.45, 7) is 1.03. The van der Waals surface area contributed by atoms with Crippen molar-refractivity contribution in [3.8, 4) is 0 Å². The predicted octanol–water partition coefficient (Wildman–Crippen LogP) is -6.40. The van der Waals surface area contributed by atoms with Crippen LogP contribution in [0.25, 0.3) is 0 Å². The van der Waals surface area contributed by atoms with Gasteiger partial charge in [0.05, 0.1) is 19.3 Å². The van der Waals surface area contributed by atoms with E-state index in [2.05, 4.69) is 5.32 Å². The van der Waals surface area contributed by atoms with E-state index in [1.54, 1.807) is 0 Å². The van der Waals surface area contributed by atoms with E-state index in [1.165, 1.54) is 6.92 Å². The normalized spacial score (nSPS) is 50.0. The maximum absolute atomic E-state index is 11.6. The fourth-order valence-corrected chi connectivity index (χ4v) is 4.40. The molecule has 36 heavy (non-hydrogen) atoms. The molecule has 10 N–H and O–H groups in total. The van der Waals surface area contributed by atoms with Gasteiger partial charge in [-0.1, -0.05) is 0 Å². The van der Waals surface area contributed by atoms with Crippen LogP contribution >= 0.6 is 0 Å². The molecule has 15 atom stereocenters. The fraction of sp³-hybridized carbons (Fsp3) is 0.950. The lowest BCUT2D eigenvalue weighted by atomic mass is 9.95. The highest BCUT2D eigenvalue weighted by atomic mass is 16.7. The Kier molecular flexibility index (Phi) is 9.97. The maximum atomic E-state index is 11.6. The summed E-state index contributed by atoms with van der Waals surface area (Å²) >= 11 is 0. The molecule has 3 heterocycles. The van der Waals surface area contributed by atoms with E-state index in [9.17, 15) is 50.8 Å². The molecule has 16 nitrogen and oxygen atoms in total. The molecule has 0 unspecified atom stereocenters. The third-order valence-corrected chi connectivity index (χ3v) is 6.45. The van der Waals surface area contributed by atoms with Crippen LogP contribution in [0.4, 0.5) is 0 Å². The minimum atomic E-state index is -1.88. The SMILES string of the molecule is CC(=O)N[C@@H]1[C@@H](O[C@@H]2O[C@H](CO)[C@H](O[C@H]3O[C@H](C)[C@H](O)[C@H](O)[C@H]3O)[C@H](O)[C@H]2O)[C@H](O)[C@@H](CO)O[C@H]1O. The number of hydrogen-bond donors (Lipinski definition) is 10. The third kappa shape index (κ3) is 5.97. The van der Waals surface area contributed by atoms with E-state index in [1.807, 2.05) is 0 Å². The number of rotatable bonds is 7. The van der Waals surface area contributed by atoms with Gasteiger partial charge in [0.15, 0.2) is 18.9 Å². The number of aliphatic hydroxyl groups is 9. The second kappa shape index (κ2) is 12.2. The van der Waals surface area contributed by atoms with Crippen molar-refractivity contribution < 1.29 is 74.4 Å². The van der Waals surface area contributed by atoms with Crippen molar-refractivity contribution in [2.24, 2.45) is 0 Å². The summed E-state index contributed by atoms with van der Waals surface area (Å²) in [7, 11) is 0. The molecule has 0 spiro atoms. The monoisotopic (exact) mass is 529 g/mol. The number of ether oxygens (including phenoxy) is 5. The van der Waals surface area contributed by atoms with Crippen LogP contribution in [0, 0.1) is 0 Å². The standard InChI is InChI=1S/C20H35NO15/c1-5-10(25)12(27)14(29)19(32-5)35-16-8(4-23)34-20(15(30)13(16)28)36-17-9(21-6(2)24)18(31)33-7(3-22)11(17)26/h5,7-20,22-23,25-31H,3-4H2,1-2H3,(H,21,24)/t5-,7-,8-,9-,10+,11-,12+,13-,14-,15-,16+,17-,18-,19-,20+/m1/s1. The lowest BCUT2D eigenvalue weighted by Gasteiger charge is -2.48. The van der Waals surface area contributed by atoms with Crippen molar-refractivity contribution >= 4 is 5.91 Å². The molecular formula is C20H35NO15. The Bertz CT molecular complexity index is 729. The Morgan fingerprint density at radius 3 is 1.86 bits per heavy atom. The number of carbonyl (C=O) groups is 1. The molecule has 210 valence electrons. The lowest BCUT2D eigenvalue weighted by Crippen LogP contribution is -2.68. The van der Waals surface area contributed by atoms with Gasteiger partial charge in [-0.3, -0.25) is 4.79 Å². The predicted molar refractivity (Wildman–Crippen MR) is 111 cm³/mol. The van der Waals surface area contributed by atoms with Gasteiger partial charge in [0.1, 0.15) is 67.1 Å². The Morgan fingerprint density at radius 1 is 0.722 bits per heavy atom. The molecule has 3 aliphatic heterocycles. The van der Waals surface area contributed by atoms with Crippen LogP contribution in [0.15, 0.2) is 0 Å². The molecule has 1 amide bonds. The highest BCUT2D eigenvalue weighted by Crippen LogP contribution is 2.32. The molecule has 0 bridgehead atoms. The van der Waals surface area contributed by atoms with E-state index in [4.69, 9.17) is 23.7 Å². The third-order valence-electron chi connectivity index (χ3n) is 6.45. The van der Waals surface area contributed by atoms with Crippen molar-refractivity contribution in [2.45, 2.75) is 106 Å². The van der Waals surface area contributed by atoms with E-state index < -0.39 is 111 Å². The number of nitrogens with one attached hydrogen (secondary N) is 1. The molecule has 3 aliphatic rings. The van der Waals surface area contributed by atoms with Gasteiger partial charge in [-0.15, -0.1) is 0 Å². The second-order valence-corrected chi connectivity index (χ2v) is 9.05. The van der Waals surface area contributed by atoms with Gasteiger partial charge in [-0.2, -0.15) is 0 Å². The number of hydrogen-bond acceptors (Lipinski definition) is 15. The van der Waals surface area contributed by atoms with Crippen molar-refractivity contribution in [1.29, 1.82) is 0 Å². The molecule has 0 aliphatic carbocycles. The number of amides is 1. The molecule has 0 saturated carbocycles. The van der Waals surface area contributed by atoms with Crippen LogP contribution in [-0.4, -0.2) is 157 Å². The average Bonchev–Trinajstić information content (AvgIpc) is 2.84. The molecule has 0 aromatic rings. The largest absolute Gasteiger partial charge is 0.394 e. The highest BCUT2D eigenvalue weighted by molar-refractivity contribution is 5.73. The zero-order chi connectivity index (χ0) is 26.9. The average molecular weight is 529 g/mol. The molecule has 16 heteroatoms. The molecule has 3 fully saturated rings. The van der Waals surface area contributed by atoms with Crippen molar-refractivity contribution in [1.82, 2.24) is 5.32 Å². The van der Waals surface area contributed by atoms with Gasteiger partial charge >= 0.3 is 0 Å². The Morgan fingerprint density at radius 2 is 1.28 bits per heavy atom. The lowest BCUT2D eigenvalue weighted by molar-refractivity contribution is -0.370. The van der Waals surface area contributed by atoms with Crippen LogP contribution in [0.3, 0.4) is 0 Å². The first-order valence-electron chi connectivity index (χ1n) is 11.4. The summed E-state index contributed by atoms with van der Waals surface area (Å²) in [5.74, 6) is -0.620. The van der Waals surface area contributed by atoms with E-state index in [0.717, 1.165) is 6.92 Å². The fourth-order valence-electron chi connectivity index (χ4n) is 4.40. The minimum absolute atomic E-state index is 0.620. The summed E-state index contributed by atoms with van der Waals surface area (Å²) < 4.78 is 27.1. The molecule has 3 saturated heterocycles. The van der Waals surface area contributed by atoms with Crippen LogP contribution in [0.5, 0.6) is 0 Å². The number of carbonyl (C=O) groups excluding carboxylic acids is 1. The summed E-state index contributed by atoms with van der Waals surface area (Å²) in [4.78, 5) is 11.6. The van der Waals surface area contributed by atoms with Crippen molar-refractivity contribution in [2.75, 3.05) is 13.2 Å². The zero-order valence-corrected chi connectivity index (χ0v) is 19.5. The van der Waals surface area contributed by atoms with Gasteiger partial charge in [0.2, 0.25) is 5.91 Å². The van der Waals surface area contributed by atoms with Crippen LogP contribution < -0.4 is 5.32 Å². The zero-order valence-electron chi connectivity index (χ0n) is 19.5. The van der Waals surface area contributed by atoms with Crippen molar-refractivity contribution in [3.63, 3.8) is 0 Å². The minimum Gasteiger partial charge on any atom is -0.394 e. The molecule has 0 radical (unpaired) electrons. The summed E-state index contributed by atoms with van der Waals surface area (Å²) in [6.07, 6.45) is -21.8.